The molecule has 8 radical (unpaired) electrons. The Morgan fingerprint density at radius 1 is 1.18 bits per heavy atom. The van der Waals surface area contributed by atoms with Gasteiger partial charge in [0.1, 0.15) is 0 Å². The van der Waals surface area contributed by atoms with Crippen molar-refractivity contribution in [3.8, 4) is 0 Å². The van der Waals surface area contributed by atoms with Gasteiger partial charge in [-0.1, -0.05) is 35.7 Å². The lowest BCUT2D eigenvalue weighted by Crippen LogP contribution is -2.57. The Balaban J connectivity index is 2.24. The third kappa shape index (κ3) is 2.34. The first-order valence-electron chi connectivity index (χ1n) is 5.49. The van der Waals surface area contributed by atoms with Gasteiger partial charge in [-0.2, -0.15) is 0 Å². The highest BCUT2D eigenvalue weighted by molar-refractivity contribution is 6.45. The molecule has 1 atom stereocenters. The predicted molar refractivity (Wildman–Crippen MR) is 71.1 cm³/mol. The molecule has 0 spiro atoms. The number of likely N-dealkylation sites (tertiary alicyclic amines) is 1. The van der Waals surface area contributed by atoms with Gasteiger partial charge in [-0.15, -0.1) is 0 Å². The SMILES string of the molecule is [B]C1([B])C[C@H](O)C([B])([B])N1Cc1ccccc1. The normalized spacial score (nSPS) is 27.0. The van der Waals surface area contributed by atoms with Gasteiger partial charge in [-0.3, -0.25) is 0 Å². The van der Waals surface area contributed by atoms with E-state index in [0.29, 0.717) is 6.54 Å². The third-order valence-electron chi connectivity index (χ3n) is 3.21. The highest BCUT2D eigenvalue weighted by Crippen LogP contribution is 2.35. The van der Waals surface area contributed by atoms with Crippen molar-refractivity contribution in [3.63, 3.8) is 0 Å². The van der Waals surface area contributed by atoms with Crippen LogP contribution in [0, 0.1) is 0 Å². The van der Waals surface area contributed by atoms with E-state index in [1.54, 1.807) is 0 Å². The van der Waals surface area contributed by atoms with Crippen molar-refractivity contribution < 1.29 is 5.11 Å². The van der Waals surface area contributed by atoms with Crippen molar-refractivity contribution in [2.75, 3.05) is 0 Å². The zero-order valence-electron chi connectivity index (χ0n) is 9.58. The molecule has 1 aromatic rings. The van der Waals surface area contributed by atoms with Crippen LogP contribution in [-0.4, -0.2) is 58.2 Å². The minimum atomic E-state index is -1.40. The van der Waals surface area contributed by atoms with Crippen LogP contribution in [0.5, 0.6) is 0 Å². The summed E-state index contributed by atoms with van der Waals surface area (Å²) in [5.41, 5.74) is 0.988. The number of hydrogen-bond donors (Lipinski definition) is 1. The summed E-state index contributed by atoms with van der Waals surface area (Å²) in [7, 11) is 23.6. The smallest absolute Gasteiger partial charge is 0.0858 e. The molecule has 0 unspecified atom stereocenters. The molecule has 0 amide bonds. The minimum Gasteiger partial charge on any atom is -0.393 e. The Hall–Kier alpha value is -0.600. The van der Waals surface area contributed by atoms with E-state index in [0.717, 1.165) is 5.56 Å². The lowest BCUT2D eigenvalue weighted by atomic mass is 9.58. The summed E-state index contributed by atoms with van der Waals surface area (Å²) in [5.74, 6) is 0. The molecule has 1 fully saturated rings. The molecule has 6 heteroatoms. The number of benzene rings is 1. The van der Waals surface area contributed by atoms with Gasteiger partial charge in [0, 0.05) is 6.54 Å². The van der Waals surface area contributed by atoms with Gasteiger partial charge < -0.3 is 10.0 Å². The van der Waals surface area contributed by atoms with Gasteiger partial charge >= 0.3 is 0 Å². The van der Waals surface area contributed by atoms with Crippen molar-refractivity contribution in [1.29, 1.82) is 0 Å². The van der Waals surface area contributed by atoms with Gasteiger partial charge in [-0.25, -0.2) is 0 Å². The van der Waals surface area contributed by atoms with Crippen LogP contribution in [0.25, 0.3) is 0 Å². The van der Waals surface area contributed by atoms with E-state index >= 15 is 0 Å². The maximum atomic E-state index is 9.79. The number of hydrogen-bond acceptors (Lipinski definition) is 2. The molecule has 0 aromatic heterocycles. The number of nitrogens with zero attached hydrogens (tertiary/aromatic N) is 1. The highest BCUT2D eigenvalue weighted by Gasteiger charge is 2.48. The Morgan fingerprint density at radius 3 is 2.24 bits per heavy atom. The van der Waals surface area contributed by atoms with E-state index in [9.17, 15) is 5.11 Å². The topological polar surface area (TPSA) is 23.5 Å². The maximum absolute atomic E-state index is 9.79. The summed E-state index contributed by atoms with van der Waals surface area (Å²) in [5, 5.41) is 7.19. The van der Waals surface area contributed by atoms with Gasteiger partial charge in [0.05, 0.1) is 37.5 Å². The predicted octanol–water partition coefficient (Wildman–Crippen LogP) is -0.765. The fourth-order valence-electron chi connectivity index (χ4n) is 2.17. The van der Waals surface area contributed by atoms with E-state index in [1.165, 1.54) is 4.90 Å². The van der Waals surface area contributed by atoms with E-state index in [1.807, 2.05) is 30.3 Å². The minimum absolute atomic E-state index is 0.146. The Labute approximate surface area is 107 Å². The van der Waals surface area contributed by atoms with E-state index < -0.39 is 16.8 Å². The summed E-state index contributed by atoms with van der Waals surface area (Å²) in [6.07, 6.45) is -0.798. The first kappa shape index (κ1) is 12.8. The molecule has 78 valence electrons. The zero-order valence-corrected chi connectivity index (χ0v) is 9.58. The van der Waals surface area contributed by atoms with Crippen molar-refractivity contribution in [2.24, 2.45) is 0 Å². The molecular formula is C11H11B4NO. The van der Waals surface area contributed by atoms with Gasteiger partial charge in [0.15, 0.2) is 0 Å². The number of aliphatic hydroxyl groups is 1. The average Bonchev–Trinajstić information content (AvgIpc) is 2.39. The summed E-state index contributed by atoms with van der Waals surface area (Å²) >= 11 is 0. The van der Waals surface area contributed by atoms with Crippen molar-refractivity contribution in [1.82, 2.24) is 4.90 Å². The molecule has 1 heterocycles. The fourth-order valence-corrected chi connectivity index (χ4v) is 2.17. The molecule has 1 aliphatic heterocycles. The second kappa shape index (κ2) is 4.25. The third-order valence-corrected chi connectivity index (χ3v) is 3.21. The lowest BCUT2D eigenvalue weighted by molar-refractivity contribution is 0.128. The molecule has 1 aromatic carbocycles. The summed E-state index contributed by atoms with van der Waals surface area (Å²) in [6.45, 7) is 0.401. The largest absolute Gasteiger partial charge is 0.393 e. The summed E-state index contributed by atoms with van der Waals surface area (Å²) in [6, 6.07) is 9.59. The molecular weight excluding hydrogens is 205 g/mol. The quantitative estimate of drug-likeness (QED) is 0.657. The van der Waals surface area contributed by atoms with E-state index in [4.69, 9.17) is 31.4 Å². The molecule has 0 saturated carbocycles. The van der Waals surface area contributed by atoms with Crippen LogP contribution in [0.3, 0.4) is 0 Å². The fraction of sp³-hybridized carbons (Fsp3) is 0.455. The zero-order chi connectivity index (χ0) is 12.7. The second-order valence-electron chi connectivity index (χ2n) is 4.67. The average molecular weight is 216 g/mol. The van der Waals surface area contributed by atoms with Crippen LogP contribution in [0.1, 0.15) is 12.0 Å². The molecule has 2 rings (SSSR count). The maximum Gasteiger partial charge on any atom is 0.0858 e. The van der Waals surface area contributed by atoms with Gasteiger partial charge in [-0.05, 0) is 17.3 Å². The molecule has 1 N–H and O–H groups in total. The number of rotatable bonds is 2. The summed E-state index contributed by atoms with van der Waals surface area (Å²) in [4.78, 5) is 1.53. The van der Waals surface area contributed by atoms with Crippen LogP contribution in [0.4, 0.5) is 0 Å². The molecule has 0 aliphatic carbocycles. The van der Waals surface area contributed by atoms with Crippen LogP contribution in [-0.2, 0) is 6.54 Å². The monoisotopic (exact) mass is 217 g/mol. The lowest BCUT2D eigenvalue weighted by Gasteiger charge is -2.43. The van der Waals surface area contributed by atoms with Crippen molar-refractivity contribution in [3.05, 3.63) is 35.9 Å². The molecule has 17 heavy (non-hydrogen) atoms. The molecule has 2 nitrogen and oxygen atoms in total. The van der Waals surface area contributed by atoms with Crippen LogP contribution < -0.4 is 0 Å². The Kier molecular flexibility index (Phi) is 3.21. The van der Waals surface area contributed by atoms with Crippen molar-refractivity contribution in [2.45, 2.75) is 29.7 Å². The first-order chi connectivity index (χ1) is 7.84. The van der Waals surface area contributed by atoms with Crippen LogP contribution in [0.15, 0.2) is 30.3 Å². The number of aliphatic hydroxyl groups excluding tert-OH is 1. The van der Waals surface area contributed by atoms with E-state index in [2.05, 4.69) is 0 Å². The highest BCUT2D eigenvalue weighted by atomic mass is 16.3. The molecule has 0 bridgehead atoms. The Bertz CT molecular complexity index is 396. The van der Waals surface area contributed by atoms with E-state index in [-0.39, 0.29) is 6.42 Å². The first-order valence-corrected chi connectivity index (χ1v) is 5.49. The second-order valence-corrected chi connectivity index (χ2v) is 4.67. The summed E-state index contributed by atoms with van der Waals surface area (Å²) < 4.78 is 0. The van der Waals surface area contributed by atoms with Crippen molar-refractivity contribution >= 4 is 31.4 Å². The van der Waals surface area contributed by atoms with Gasteiger partial charge in [0.2, 0.25) is 0 Å². The molecule has 1 aliphatic rings. The Morgan fingerprint density at radius 2 is 1.76 bits per heavy atom. The molecule has 1 saturated heterocycles. The van der Waals surface area contributed by atoms with Crippen LogP contribution in [0.2, 0.25) is 0 Å². The van der Waals surface area contributed by atoms with Gasteiger partial charge in [0.25, 0.3) is 0 Å². The van der Waals surface area contributed by atoms with Crippen LogP contribution >= 0.6 is 0 Å². The standard InChI is InChI=1S/C11H11B4NO/c12-10(13)6-9(17)11(14,15)16(10)7-8-4-2-1-3-5-8/h1-5,9,17H,6-7H2/t9-/m0/s1.